The molecule has 160 valence electrons. The van der Waals surface area contributed by atoms with Gasteiger partial charge < -0.3 is 15.5 Å². The van der Waals surface area contributed by atoms with Crippen LogP contribution in [0, 0.1) is 17.2 Å². The number of hydrogen-bond acceptors (Lipinski definition) is 6. The topological polar surface area (TPSA) is 114 Å². The molecule has 3 N–H and O–H groups in total. The molecule has 3 aliphatic heterocycles. The zero-order chi connectivity index (χ0) is 21.2. The van der Waals surface area contributed by atoms with Crippen LogP contribution >= 0.6 is 11.8 Å². The summed E-state index contributed by atoms with van der Waals surface area (Å²) in [6.45, 7) is -0.739. The van der Waals surface area contributed by atoms with Crippen molar-refractivity contribution in [1.29, 1.82) is 5.26 Å². The van der Waals surface area contributed by atoms with E-state index in [1.807, 2.05) is 6.07 Å². The molecule has 8 nitrogen and oxygen atoms in total. The Morgan fingerprint density at radius 3 is 2.72 bits per heavy atom. The molecule has 29 heavy (non-hydrogen) atoms. The summed E-state index contributed by atoms with van der Waals surface area (Å²) in [4.78, 5) is 38.5. The largest absolute Gasteiger partial charge is 0.401 e. The number of halogens is 3. The summed E-state index contributed by atoms with van der Waals surface area (Å²) < 4.78 is 37.4. The minimum atomic E-state index is -4.43. The second-order valence-corrected chi connectivity index (χ2v) is 8.59. The zero-order valence-corrected chi connectivity index (χ0v) is 16.3. The van der Waals surface area contributed by atoms with Gasteiger partial charge in [-0.2, -0.15) is 18.4 Å². The molecule has 0 aromatic carbocycles. The van der Waals surface area contributed by atoms with Crippen LogP contribution in [0.25, 0.3) is 0 Å². The fourth-order valence-corrected chi connectivity index (χ4v) is 5.32. The molecule has 12 heteroatoms. The molecule has 5 atom stereocenters. The number of amides is 3. The van der Waals surface area contributed by atoms with E-state index in [-0.39, 0.29) is 30.0 Å². The van der Waals surface area contributed by atoms with E-state index in [1.54, 1.807) is 0 Å². The predicted octanol–water partition coefficient (Wildman–Crippen LogP) is 0.105. The lowest BCUT2D eigenvalue weighted by molar-refractivity contribution is -0.147. The first-order valence-corrected chi connectivity index (χ1v) is 10.5. The van der Waals surface area contributed by atoms with Crippen molar-refractivity contribution < 1.29 is 27.6 Å². The standard InChI is InChI=1S/C17H22F3N5O3S/c18-17(19,20)8-23-11-1-2-13-25(16(11)28)12(7-29-13)15(27)24-10(6-21)5-9-3-4-22-14(9)26/h9-13,23H,1-5,7-8H2,(H,22,26)(H,24,27)/t9-,10-,11-,12-,13-/m0/s1. The third-order valence-electron chi connectivity index (χ3n) is 5.35. The third-order valence-corrected chi connectivity index (χ3v) is 6.71. The quantitative estimate of drug-likeness (QED) is 0.548. The van der Waals surface area contributed by atoms with E-state index < -0.39 is 42.7 Å². The molecule has 0 aromatic heterocycles. The van der Waals surface area contributed by atoms with Crippen LogP contribution in [0.4, 0.5) is 13.2 Å². The van der Waals surface area contributed by atoms with E-state index in [1.165, 1.54) is 16.7 Å². The van der Waals surface area contributed by atoms with Crippen LogP contribution in [0.3, 0.4) is 0 Å². The van der Waals surface area contributed by atoms with Crippen molar-refractivity contribution in [2.45, 2.75) is 55.4 Å². The maximum absolute atomic E-state index is 12.7. The monoisotopic (exact) mass is 433 g/mol. The minimum Gasteiger partial charge on any atom is -0.356 e. The SMILES string of the molecule is N#C[C@H](C[C@@H]1CCNC1=O)NC(=O)[C@@H]1CS[C@H]2CC[C@H](NCC(F)(F)F)C(=O)N21. The molecule has 0 aromatic rings. The van der Waals surface area contributed by atoms with Crippen molar-refractivity contribution in [2.24, 2.45) is 5.92 Å². The lowest BCUT2D eigenvalue weighted by Crippen LogP contribution is -2.59. The molecule has 3 rings (SSSR count). The molecule has 0 spiro atoms. The molecular weight excluding hydrogens is 411 g/mol. The maximum atomic E-state index is 12.7. The van der Waals surface area contributed by atoms with E-state index >= 15 is 0 Å². The highest BCUT2D eigenvalue weighted by atomic mass is 32.2. The Labute approximate surface area is 169 Å². The van der Waals surface area contributed by atoms with Crippen LogP contribution in [0.1, 0.15) is 25.7 Å². The van der Waals surface area contributed by atoms with Gasteiger partial charge in [0.15, 0.2) is 0 Å². The van der Waals surface area contributed by atoms with Crippen LogP contribution < -0.4 is 16.0 Å². The minimum absolute atomic E-state index is 0.152. The Bertz CT molecular complexity index is 713. The highest BCUT2D eigenvalue weighted by Gasteiger charge is 2.47. The number of nitrogens with one attached hydrogen (secondary N) is 3. The first-order chi connectivity index (χ1) is 13.7. The van der Waals surface area contributed by atoms with E-state index in [4.69, 9.17) is 0 Å². The lowest BCUT2D eigenvalue weighted by atomic mass is 9.98. The van der Waals surface area contributed by atoms with Gasteiger partial charge in [-0.15, -0.1) is 11.8 Å². The highest BCUT2D eigenvalue weighted by molar-refractivity contribution is 8.00. The fourth-order valence-electron chi connectivity index (χ4n) is 3.89. The third kappa shape index (κ3) is 5.14. The molecule has 3 aliphatic rings. The average molecular weight is 433 g/mol. The predicted molar refractivity (Wildman–Crippen MR) is 97.2 cm³/mol. The fraction of sp³-hybridized carbons (Fsp3) is 0.765. The normalized spacial score (nSPS) is 30.5. The highest BCUT2D eigenvalue weighted by Crippen LogP contribution is 2.36. The molecule has 0 bridgehead atoms. The van der Waals surface area contributed by atoms with Crippen molar-refractivity contribution in [3.63, 3.8) is 0 Å². The van der Waals surface area contributed by atoms with Crippen LogP contribution in [0.5, 0.6) is 0 Å². The zero-order valence-electron chi connectivity index (χ0n) is 15.5. The first-order valence-electron chi connectivity index (χ1n) is 9.41. The molecule has 3 fully saturated rings. The van der Waals surface area contributed by atoms with E-state index in [0.717, 1.165) is 0 Å². The van der Waals surface area contributed by atoms with Gasteiger partial charge in [-0.05, 0) is 25.7 Å². The molecule has 3 heterocycles. The van der Waals surface area contributed by atoms with E-state index in [2.05, 4.69) is 16.0 Å². The average Bonchev–Trinajstić information content (AvgIpc) is 3.26. The molecule has 0 unspecified atom stereocenters. The van der Waals surface area contributed by atoms with E-state index in [0.29, 0.717) is 25.1 Å². The Hall–Kier alpha value is -2.00. The van der Waals surface area contributed by atoms with Crippen molar-refractivity contribution in [3.05, 3.63) is 0 Å². The number of nitrogens with zero attached hydrogens (tertiary/aromatic N) is 2. The summed E-state index contributed by atoms with van der Waals surface area (Å²) in [5, 5.41) is 16.6. The van der Waals surface area contributed by atoms with Crippen LogP contribution in [-0.2, 0) is 14.4 Å². The Balaban J connectivity index is 1.60. The van der Waals surface area contributed by atoms with Crippen LogP contribution in [-0.4, -0.2) is 71.1 Å². The number of fused-ring (bicyclic) bond motifs is 1. The molecular formula is C17H22F3N5O3S. The molecule has 0 aliphatic carbocycles. The van der Waals surface area contributed by atoms with Crippen molar-refractivity contribution in [1.82, 2.24) is 20.9 Å². The number of piperidine rings is 1. The first kappa shape index (κ1) is 21.7. The Kier molecular flexibility index (Phi) is 6.58. The number of nitriles is 1. The number of hydrogen-bond donors (Lipinski definition) is 3. The lowest BCUT2D eigenvalue weighted by Gasteiger charge is -2.37. The van der Waals surface area contributed by atoms with Crippen molar-refractivity contribution >= 4 is 29.5 Å². The van der Waals surface area contributed by atoms with Gasteiger partial charge in [0.05, 0.1) is 24.0 Å². The van der Waals surface area contributed by atoms with Gasteiger partial charge in [0.2, 0.25) is 17.7 Å². The van der Waals surface area contributed by atoms with Gasteiger partial charge in [-0.25, -0.2) is 0 Å². The van der Waals surface area contributed by atoms with Crippen LogP contribution in [0.15, 0.2) is 0 Å². The number of rotatable bonds is 6. The number of alkyl halides is 3. The van der Waals surface area contributed by atoms with Crippen molar-refractivity contribution in [2.75, 3.05) is 18.8 Å². The summed E-state index contributed by atoms with van der Waals surface area (Å²) in [6.07, 6.45) is -2.90. The van der Waals surface area contributed by atoms with Gasteiger partial charge in [-0.3, -0.25) is 19.7 Å². The number of carbonyl (C=O) groups is 3. The summed E-state index contributed by atoms with van der Waals surface area (Å²) in [6, 6.07) is -0.738. The molecule has 0 radical (unpaired) electrons. The van der Waals surface area contributed by atoms with Crippen LogP contribution in [0.2, 0.25) is 0 Å². The second-order valence-electron chi connectivity index (χ2n) is 7.38. The Morgan fingerprint density at radius 1 is 1.34 bits per heavy atom. The summed E-state index contributed by atoms with van der Waals surface area (Å²) in [5.41, 5.74) is 0. The summed E-state index contributed by atoms with van der Waals surface area (Å²) in [7, 11) is 0. The molecule has 0 saturated carbocycles. The van der Waals surface area contributed by atoms with Gasteiger partial charge in [0, 0.05) is 18.2 Å². The maximum Gasteiger partial charge on any atom is 0.401 e. The van der Waals surface area contributed by atoms with Crippen molar-refractivity contribution in [3.8, 4) is 6.07 Å². The second kappa shape index (κ2) is 8.79. The molecule has 3 amide bonds. The smallest absolute Gasteiger partial charge is 0.356 e. The van der Waals surface area contributed by atoms with Gasteiger partial charge in [-0.1, -0.05) is 0 Å². The Morgan fingerprint density at radius 2 is 2.10 bits per heavy atom. The summed E-state index contributed by atoms with van der Waals surface area (Å²) >= 11 is 1.41. The van der Waals surface area contributed by atoms with Gasteiger partial charge in [0.1, 0.15) is 12.1 Å². The van der Waals surface area contributed by atoms with Gasteiger partial charge in [0.25, 0.3) is 0 Å². The molecule has 3 saturated heterocycles. The number of thioether (sulfide) groups is 1. The van der Waals surface area contributed by atoms with E-state index in [9.17, 15) is 32.8 Å². The number of carbonyl (C=O) groups excluding carboxylic acids is 3. The summed E-state index contributed by atoms with van der Waals surface area (Å²) in [5.74, 6) is -1.23. The van der Waals surface area contributed by atoms with Gasteiger partial charge >= 0.3 is 6.18 Å².